The smallest absolute Gasteiger partial charge is 0.433 e. The van der Waals surface area contributed by atoms with Crippen LogP contribution in [0.1, 0.15) is 26.5 Å². The first kappa shape index (κ1) is 22.2. The van der Waals surface area contributed by atoms with E-state index in [1.807, 2.05) is 5.32 Å². The second kappa shape index (κ2) is 7.03. The summed E-state index contributed by atoms with van der Waals surface area (Å²) < 4.78 is 48.3. The number of amides is 1. The fraction of sp³-hybridized carbons (Fsp3) is 0.538. The molecule has 0 aliphatic rings. The number of hydrogen-bond acceptors (Lipinski definition) is 6. The van der Waals surface area contributed by atoms with E-state index >= 15 is 0 Å². The molecule has 7 nitrogen and oxygen atoms in total. The van der Waals surface area contributed by atoms with Crippen LogP contribution in [0.15, 0.2) is 12.1 Å². The van der Waals surface area contributed by atoms with Crippen molar-refractivity contribution < 1.29 is 37.7 Å². The molecule has 0 spiro atoms. The summed E-state index contributed by atoms with van der Waals surface area (Å²) in [6.45, 7) is 4.64. The van der Waals surface area contributed by atoms with Crippen molar-refractivity contribution in [2.24, 2.45) is 0 Å². The number of rotatable bonds is 4. The minimum absolute atomic E-state index is 0.455. The van der Waals surface area contributed by atoms with Crippen molar-refractivity contribution in [3.8, 4) is 5.88 Å². The van der Waals surface area contributed by atoms with Crippen LogP contribution in [0.2, 0.25) is 5.11 Å². The number of alkyl halides is 3. The lowest BCUT2D eigenvalue weighted by molar-refractivity contribution is -0.292. The van der Waals surface area contributed by atoms with E-state index in [-0.39, 0.29) is 0 Å². The molecule has 1 aromatic heterocycles. The van der Waals surface area contributed by atoms with Crippen molar-refractivity contribution in [3.05, 3.63) is 17.8 Å². The fourth-order valence-corrected chi connectivity index (χ4v) is 1.43. The van der Waals surface area contributed by atoms with Gasteiger partial charge in [0.2, 0.25) is 5.88 Å². The van der Waals surface area contributed by atoms with Gasteiger partial charge in [-0.25, -0.2) is 9.78 Å². The number of nitrogens with one attached hydrogen (secondary N) is 1. The molecule has 0 aliphatic carbocycles. The van der Waals surface area contributed by atoms with Crippen LogP contribution in [0.5, 0.6) is 5.88 Å². The van der Waals surface area contributed by atoms with Gasteiger partial charge < -0.3 is 19.7 Å². The molecule has 1 heterocycles. The van der Waals surface area contributed by atoms with Gasteiger partial charge in [0.15, 0.2) is 5.69 Å². The quantitative estimate of drug-likeness (QED) is 0.543. The maximum absolute atomic E-state index is 13.0. The Morgan fingerprint density at radius 2 is 1.69 bits per heavy atom. The van der Waals surface area contributed by atoms with Gasteiger partial charge in [-0.05, 0) is 32.0 Å². The number of ether oxygens (including phenoxy) is 2. The van der Waals surface area contributed by atoms with Crippen molar-refractivity contribution in [2.75, 3.05) is 5.32 Å². The molecule has 1 amide bonds. The molecule has 0 atom stereocenters. The second-order valence-electron chi connectivity index (χ2n) is 6.35. The number of aliphatic hydroxyl groups is 2. The number of nitrogens with zero attached hydrogens (tertiary/aromatic N) is 1. The van der Waals surface area contributed by atoms with Crippen LogP contribution in [-0.4, -0.2) is 56.4 Å². The average molecular weight is 368 g/mol. The third kappa shape index (κ3) is 6.45. The summed E-state index contributed by atoms with van der Waals surface area (Å²) in [5, 5.41) is 18.4. The van der Waals surface area contributed by atoms with Crippen LogP contribution in [0.4, 0.5) is 23.7 Å². The highest BCUT2D eigenvalue weighted by atomic mass is 19.4. The molecule has 13 heteroatoms. The van der Waals surface area contributed by atoms with E-state index in [2.05, 4.69) is 9.72 Å². The van der Waals surface area contributed by atoms with Crippen LogP contribution in [0, 0.1) is 0 Å². The SMILES string of the molecule is [B]C([B])([B])C(O)(O)Oc1cc(NC(=O)OC(C)(C)C)cc(C(F)(F)F)n1. The third-order valence-electron chi connectivity index (χ3n) is 2.55. The molecule has 0 aliphatic heterocycles. The maximum Gasteiger partial charge on any atom is 0.433 e. The summed E-state index contributed by atoms with van der Waals surface area (Å²) >= 11 is 0. The topological polar surface area (TPSA) is 101 Å². The summed E-state index contributed by atoms with van der Waals surface area (Å²) in [5.41, 5.74) is -2.87. The Morgan fingerprint density at radius 3 is 2.12 bits per heavy atom. The van der Waals surface area contributed by atoms with E-state index in [0.717, 1.165) is 6.07 Å². The zero-order valence-corrected chi connectivity index (χ0v) is 14.1. The van der Waals surface area contributed by atoms with E-state index in [9.17, 15) is 28.2 Å². The molecular formula is C13H14B3F3N2O5. The molecule has 0 saturated heterocycles. The molecular weight excluding hydrogens is 354 g/mol. The first-order valence-electron chi connectivity index (χ1n) is 7.00. The molecule has 0 fully saturated rings. The number of carbonyl (C=O) groups is 1. The van der Waals surface area contributed by atoms with E-state index in [4.69, 9.17) is 28.3 Å². The van der Waals surface area contributed by atoms with Crippen molar-refractivity contribution in [3.63, 3.8) is 0 Å². The van der Waals surface area contributed by atoms with E-state index in [0.29, 0.717) is 6.07 Å². The highest BCUT2D eigenvalue weighted by Gasteiger charge is 2.41. The largest absolute Gasteiger partial charge is 0.444 e. The summed E-state index contributed by atoms with van der Waals surface area (Å²) in [7, 11) is 15.2. The predicted octanol–water partition coefficient (Wildman–Crippen LogP) is 1.04. The molecule has 3 N–H and O–H groups in total. The van der Waals surface area contributed by atoms with Gasteiger partial charge >= 0.3 is 18.2 Å². The van der Waals surface area contributed by atoms with Gasteiger partial charge in [0.05, 0.1) is 29.2 Å². The number of carbonyl (C=O) groups excluding carboxylic acids is 1. The first-order chi connectivity index (χ1) is 11.4. The van der Waals surface area contributed by atoms with Gasteiger partial charge in [0, 0.05) is 6.07 Å². The van der Waals surface area contributed by atoms with E-state index < -0.39 is 46.2 Å². The number of pyridine rings is 1. The number of halogens is 3. The number of anilines is 1. The zero-order valence-electron chi connectivity index (χ0n) is 14.1. The predicted molar refractivity (Wildman–Crippen MR) is 86.8 cm³/mol. The van der Waals surface area contributed by atoms with Gasteiger partial charge in [0.25, 0.3) is 0 Å². The zero-order chi connectivity index (χ0) is 20.6. The highest BCUT2D eigenvalue weighted by Crippen LogP contribution is 2.34. The molecule has 136 valence electrons. The summed E-state index contributed by atoms with van der Waals surface area (Å²) in [4.78, 5) is 14.8. The lowest BCUT2D eigenvalue weighted by atomic mass is 9.41. The highest BCUT2D eigenvalue weighted by molar-refractivity contribution is 6.59. The molecule has 0 unspecified atom stereocenters. The van der Waals surface area contributed by atoms with Crippen molar-refractivity contribution in [1.29, 1.82) is 0 Å². The van der Waals surface area contributed by atoms with Gasteiger partial charge in [-0.1, -0.05) is 0 Å². The number of aromatic nitrogens is 1. The molecule has 0 bridgehead atoms. The van der Waals surface area contributed by atoms with Gasteiger partial charge in [-0.3, -0.25) is 5.32 Å². The monoisotopic (exact) mass is 368 g/mol. The van der Waals surface area contributed by atoms with Crippen LogP contribution >= 0.6 is 0 Å². The molecule has 0 aromatic carbocycles. The summed E-state index contributed by atoms with van der Waals surface area (Å²) in [6, 6.07) is 1.24. The third-order valence-corrected chi connectivity index (χ3v) is 2.55. The second-order valence-corrected chi connectivity index (χ2v) is 6.35. The summed E-state index contributed by atoms with van der Waals surface area (Å²) in [6.07, 6.45) is -6.00. The van der Waals surface area contributed by atoms with Gasteiger partial charge in [-0.2, -0.15) is 13.2 Å². The minimum Gasteiger partial charge on any atom is -0.444 e. The van der Waals surface area contributed by atoms with E-state index in [1.54, 1.807) is 20.8 Å². The maximum atomic E-state index is 13.0. The van der Waals surface area contributed by atoms with Gasteiger partial charge in [0.1, 0.15) is 5.60 Å². The number of hydrogen-bond donors (Lipinski definition) is 3. The van der Waals surface area contributed by atoms with Crippen molar-refractivity contribution in [2.45, 2.75) is 43.6 Å². The Balaban J connectivity index is 3.22. The van der Waals surface area contributed by atoms with Crippen LogP contribution in [0.3, 0.4) is 0 Å². The molecule has 0 saturated carbocycles. The summed E-state index contributed by atoms with van der Waals surface area (Å²) in [5.74, 6) is -4.44. The Bertz CT molecular complexity index is 672. The van der Waals surface area contributed by atoms with Crippen LogP contribution in [-0.2, 0) is 10.9 Å². The van der Waals surface area contributed by atoms with Crippen LogP contribution in [0.25, 0.3) is 0 Å². The lowest BCUT2D eigenvalue weighted by Gasteiger charge is -2.35. The Kier molecular flexibility index (Phi) is 5.99. The molecule has 1 rings (SSSR count). The Hall–Kier alpha value is -1.88. The van der Waals surface area contributed by atoms with E-state index in [1.165, 1.54) is 0 Å². The normalized spacial score (nSPS) is 13.2. The lowest BCUT2D eigenvalue weighted by Crippen LogP contribution is -2.49. The Labute approximate surface area is 151 Å². The molecule has 26 heavy (non-hydrogen) atoms. The standard InChI is InChI=1S/C13H14B3F3N2O5/c1-10(2,3)26-9(22)20-6-4-7(11(17,18)19)21-8(5-6)25-13(23,24)12(14,15)16/h4-5,23-24H,1-3H3,(H,20,21,22). The Morgan fingerprint density at radius 1 is 1.15 bits per heavy atom. The fourth-order valence-electron chi connectivity index (χ4n) is 1.43. The van der Waals surface area contributed by atoms with Crippen LogP contribution < -0.4 is 10.1 Å². The van der Waals surface area contributed by atoms with Crippen molar-refractivity contribution in [1.82, 2.24) is 4.98 Å². The minimum atomic E-state index is -4.94. The van der Waals surface area contributed by atoms with Crippen molar-refractivity contribution >= 4 is 35.3 Å². The molecule has 6 radical (unpaired) electrons. The average Bonchev–Trinajstić information content (AvgIpc) is 2.32. The van der Waals surface area contributed by atoms with Gasteiger partial charge in [-0.15, -0.1) is 0 Å². The molecule has 1 aromatic rings. The first-order valence-corrected chi connectivity index (χ1v) is 7.00.